The zero-order chi connectivity index (χ0) is 40.8. The highest BCUT2D eigenvalue weighted by Gasteiger charge is 2.40. The lowest BCUT2D eigenvalue weighted by molar-refractivity contribution is -0.145. The van der Waals surface area contributed by atoms with E-state index in [1.165, 1.54) is 11.8 Å². The Bertz CT molecular complexity index is 1830. The molecule has 1 aliphatic heterocycles. The van der Waals surface area contributed by atoms with Crippen molar-refractivity contribution in [2.75, 3.05) is 6.54 Å². The van der Waals surface area contributed by atoms with Crippen LogP contribution in [0.3, 0.4) is 0 Å². The fourth-order valence-electron chi connectivity index (χ4n) is 6.44. The molecule has 0 radical (unpaired) electrons. The number of hydrogen-bond donors (Lipinski definition) is 8. The van der Waals surface area contributed by atoms with E-state index in [-0.39, 0.29) is 32.2 Å². The van der Waals surface area contributed by atoms with Crippen LogP contribution in [0.25, 0.3) is 0 Å². The molecule has 1 heterocycles. The molecule has 3 aromatic rings. The van der Waals surface area contributed by atoms with E-state index in [1.807, 2.05) is 6.07 Å². The monoisotopic (exact) mass is 771 g/mol. The maximum absolute atomic E-state index is 14.0. The smallest absolute Gasteiger partial charge is 0.326 e. The van der Waals surface area contributed by atoms with Gasteiger partial charge in [0.25, 0.3) is 0 Å². The van der Waals surface area contributed by atoms with E-state index >= 15 is 0 Å². The summed E-state index contributed by atoms with van der Waals surface area (Å²) in [6.07, 6.45) is -1.44. The van der Waals surface area contributed by atoms with Gasteiger partial charge in [0.05, 0.1) is 18.6 Å². The van der Waals surface area contributed by atoms with Gasteiger partial charge in [-0.2, -0.15) is 0 Å². The van der Waals surface area contributed by atoms with Gasteiger partial charge in [-0.1, -0.05) is 91.0 Å². The van der Waals surface area contributed by atoms with Crippen molar-refractivity contribution in [1.82, 2.24) is 26.2 Å². The van der Waals surface area contributed by atoms with Gasteiger partial charge in [-0.25, -0.2) is 4.79 Å². The van der Waals surface area contributed by atoms with Crippen LogP contribution in [0.15, 0.2) is 91.0 Å². The highest BCUT2D eigenvalue weighted by molar-refractivity contribution is 5.98. The highest BCUT2D eigenvalue weighted by atomic mass is 16.4. The summed E-state index contributed by atoms with van der Waals surface area (Å²) in [6, 6.07) is 18.3. The van der Waals surface area contributed by atoms with Gasteiger partial charge in [0.15, 0.2) is 0 Å². The van der Waals surface area contributed by atoms with E-state index < -0.39 is 90.2 Å². The van der Waals surface area contributed by atoms with Crippen LogP contribution in [0.4, 0.5) is 0 Å². The fourth-order valence-corrected chi connectivity index (χ4v) is 6.44. The predicted molar refractivity (Wildman–Crippen MR) is 204 cm³/mol. The van der Waals surface area contributed by atoms with Gasteiger partial charge >= 0.3 is 5.97 Å². The van der Waals surface area contributed by atoms with Crippen LogP contribution >= 0.6 is 0 Å². The number of rotatable bonds is 19. The molecule has 0 aromatic heterocycles. The maximum Gasteiger partial charge on any atom is 0.326 e. The Morgan fingerprint density at radius 2 is 1.20 bits per heavy atom. The Kier molecular flexibility index (Phi) is 15.6. The summed E-state index contributed by atoms with van der Waals surface area (Å²) < 4.78 is 0. The number of nitrogens with two attached hydrogens (primary N) is 2. The van der Waals surface area contributed by atoms with E-state index in [0.29, 0.717) is 17.5 Å². The molecular formula is C40H49N7O9. The van der Waals surface area contributed by atoms with Crippen LogP contribution < -0.4 is 32.7 Å². The van der Waals surface area contributed by atoms with E-state index in [2.05, 4.69) is 21.3 Å². The van der Waals surface area contributed by atoms with Crippen LogP contribution in [-0.2, 0) is 52.8 Å². The van der Waals surface area contributed by atoms with Gasteiger partial charge in [-0.3, -0.25) is 28.8 Å². The van der Waals surface area contributed by atoms with Crippen LogP contribution in [-0.4, -0.2) is 105 Å². The lowest BCUT2D eigenvalue weighted by Gasteiger charge is -2.30. The third kappa shape index (κ3) is 12.5. The summed E-state index contributed by atoms with van der Waals surface area (Å²) in [5, 5.41) is 30.4. The SMILES string of the molecule is C[C@@H](O)[C@H](NC(=O)[C@@H](N)Cc1ccccc1)C(=O)N[C@@H](Cc1ccccc1)C(=O)N[C@@H](CC(N)=O)C(=O)N1CCC[C@H]1C(=O)N[C@@H](Cc1ccccc1)C(=O)O. The zero-order valence-electron chi connectivity index (χ0n) is 31.0. The van der Waals surface area contributed by atoms with Crippen molar-refractivity contribution in [3.05, 3.63) is 108 Å². The molecule has 0 bridgehead atoms. The maximum atomic E-state index is 14.0. The number of hydrogen-bond acceptors (Lipinski definition) is 9. The van der Waals surface area contributed by atoms with Crippen molar-refractivity contribution in [2.24, 2.45) is 11.5 Å². The normalized spacial score (nSPS) is 16.9. The first-order valence-electron chi connectivity index (χ1n) is 18.3. The molecule has 56 heavy (non-hydrogen) atoms. The number of nitrogens with zero attached hydrogens (tertiary/aromatic N) is 1. The Morgan fingerprint density at radius 3 is 1.70 bits per heavy atom. The van der Waals surface area contributed by atoms with Crippen molar-refractivity contribution in [1.29, 1.82) is 0 Å². The molecule has 0 saturated carbocycles. The first kappa shape index (κ1) is 42.6. The Balaban J connectivity index is 1.50. The topological polar surface area (TPSA) is 263 Å². The number of carboxylic acid groups (broad SMARTS) is 1. The first-order valence-corrected chi connectivity index (χ1v) is 18.3. The zero-order valence-corrected chi connectivity index (χ0v) is 31.0. The largest absolute Gasteiger partial charge is 0.480 e. The summed E-state index contributed by atoms with van der Waals surface area (Å²) in [5.74, 6) is -6.27. The molecule has 1 saturated heterocycles. The molecule has 10 N–H and O–H groups in total. The summed E-state index contributed by atoms with van der Waals surface area (Å²) in [5.41, 5.74) is 13.7. The minimum Gasteiger partial charge on any atom is -0.480 e. The number of nitrogens with one attached hydrogen (secondary N) is 4. The first-order chi connectivity index (χ1) is 26.7. The van der Waals surface area contributed by atoms with E-state index in [9.17, 15) is 43.8 Å². The van der Waals surface area contributed by atoms with Crippen molar-refractivity contribution in [2.45, 2.75) is 87.8 Å². The van der Waals surface area contributed by atoms with Gasteiger partial charge in [-0.15, -0.1) is 0 Å². The molecule has 1 fully saturated rings. The number of benzene rings is 3. The van der Waals surface area contributed by atoms with Crippen LogP contribution in [0.2, 0.25) is 0 Å². The van der Waals surface area contributed by atoms with Crippen molar-refractivity contribution >= 4 is 41.4 Å². The van der Waals surface area contributed by atoms with Crippen LogP contribution in [0.1, 0.15) is 42.9 Å². The van der Waals surface area contributed by atoms with Gasteiger partial charge in [0, 0.05) is 19.4 Å². The molecule has 3 aromatic carbocycles. The van der Waals surface area contributed by atoms with E-state index in [1.54, 1.807) is 84.9 Å². The highest BCUT2D eigenvalue weighted by Crippen LogP contribution is 2.20. The molecule has 1 aliphatic rings. The fraction of sp³-hybridized carbons (Fsp3) is 0.375. The van der Waals surface area contributed by atoms with Gasteiger partial charge in [0.2, 0.25) is 35.4 Å². The van der Waals surface area contributed by atoms with Gasteiger partial charge in [0.1, 0.15) is 30.2 Å². The summed E-state index contributed by atoms with van der Waals surface area (Å²) in [7, 11) is 0. The number of primary amides is 1. The number of aliphatic carboxylic acids is 1. The van der Waals surface area contributed by atoms with Crippen LogP contribution in [0.5, 0.6) is 0 Å². The average Bonchev–Trinajstić information content (AvgIpc) is 3.67. The third-order valence-electron chi connectivity index (χ3n) is 9.37. The predicted octanol–water partition coefficient (Wildman–Crippen LogP) is -0.687. The minimum absolute atomic E-state index is 0.00243. The van der Waals surface area contributed by atoms with E-state index in [4.69, 9.17) is 11.5 Å². The molecule has 0 aliphatic carbocycles. The van der Waals surface area contributed by atoms with Crippen molar-refractivity contribution in [3.8, 4) is 0 Å². The summed E-state index contributed by atoms with van der Waals surface area (Å²) in [6.45, 7) is 1.36. The number of carbonyl (C=O) groups is 7. The minimum atomic E-state index is -1.56. The third-order valence-corrected chi connectivity index (χ3v) is 9.37. The van der Waals surface area contributed by atoms with E-state index in [0.717, 1.165) is 5.56 Å². The second-order valence-corrected chi connectivity index (χ2v) is 13.8. The summed E-state index contributed by atoms with van der Waals surface area (Å²) >= 11 is 0. The number of aliphatic hydroxyl groups excluding tert-OH is 1. The molecule has 16 nitrogen and oxygen atoms in total. The molecule has 16 heteroatoms. The number of aliphatic hydroxyl groups is 1. The number of likely N-dealkylation sites (tertiary alicyclic amines) is 1. The molecule has 4 rings (SSSR count). The molecule has 7 atom stereocenters. The molecule has 0 unspecified atom stereocenters. The lowest BCUT2D eigenvalue weighted by Crippen LogP contribution is -2.61. The van der Waals surface area contributed by atoms with Crippen molar-refractivity contribution in [3.63, 3.8) is 0 Å². The Morgan fingerprint density at radius 1 is 0.696 bits per heavy atom. The molecule has 6 amide bonds. The second-order valence-electron chi connectivity index (χ2n) is 13.8. The Labute approximate surface area is 324 Å². The number of carbonyl (C=O) groups excluding carboxylic acids is 6. The second kappa shape index (κ2) is 20.5. The molecule has 298 valence electrons. The lowest BCUT2D eigenvalue weighted by atomic mass is 10.0. The van der Waals surface area contributed by atoms with Crippen molar-refractivity contribution < 1.29 is 43.8 Å². The van der Waals surface area contributed by atoms with Crippen LogP contribution in [0, 0.1) is 0 Å². The van der Waals surface area contributed by atoms with Gasteiger partial charge < -0.3 is 47.8 Å². The summed E-state index contributed by atoms with van der Waals surface area (Å²) in [4.78, 5) is 93.5. The molecular weight excluding hydrogens is 722 g/mol. The molecule has 0 spiro atoms. The Hall–Kier alpha value is -6.13. The quantitative estimate of drug-likeness (QED) is 0.0761. The number of amides is 6. The standard InChI is InChI=1S/C40H49N7O9/c1-24(48)34(46-35(50)28(41)20-25-12-5-2-6-13-25)38(53)43-29(21-26-14-7-3-8-15-26)36(51)44-30(23-33(42)49)39(54)47-19-11-18-32(47)37(52)45-31(40(55)56)22-27-16-9-4-10-17-27/h2-10,12-17,24,28-32,34,48H,11,18-23,41H2,1H3,(H2,42,49)(H,43,53)(H,44,51)(H,45,52)(H,46,50)(H,55,56)/t24-,28+,29+,30+,31+,32+,34+/m1/s1. The average molecular weight is 772 g/mol. The van der Waals surface area contributed by atoms with Gasteiger partial charge in [-0.05, 0) is 42.9 Å². The number of carboxylic acids is 1.